The fraction of sp³-hybridized carbons (Fsp3) is 0.208. The van der Waals surface area contributed by atoms with Gasteiger partial charge in [-0.3, -0.25) is 4.79 Å². The van der Waals surface area contributed by atoms with E-state index >= 15 is 0 Å². The number of ether oxygens (including phenoxy) is 1. The lowest BCUT2D eigenvalue weighted by Gasteiger charge is -2.22. The van der Waals surface area contributed by atoms with E-state index in [2.05, 4.69) is 4.98 Å². The number of hydrogen-bond acceptors (Lipinski definition) is 5. The van der Waals surface area contributed by atoms with E-state index in [4.69, 9.17) is 9.15 Å². The minimum Gasteiger partial charge on any atom is -0.494 e. The molecule has 0 atom stereocenters. The summed E-state index contributed by atoms with van der Waals surface area (Å²) in [6.45, 7) is 1.58. The maximum atomic E-state index is 13.4. The summed E-state index contributed by atoms with van der Waals surface area (Å²) in [5.41, 5.74) is -0.984. The predicted octanol–water partition coefficient (Wildman–Crippen LogP) is 4.93. The third-order valence-electron chi connectivity index (χ3n) is 5.26. The van der Waals surface area contributed by atoms with Crippen molar-refractivity contribution in [2.24, 2.45) is 0 Å². The number of pyridine rings is 1. The number of H-pyrrole nitrogens is 1. The van der Waals surface area contributed by atoms with Gasteiger partial charge < -0.3 is 14.1 Å². The molecule has 4 aromatic rings. The molecule has 2 aromatic heterocycles. The molecule has 7 nitrogen and oxygen atoms in total. The zero-order chi connectivity index (χ0) is 25.2. The van der Waals surface area contributed by atoms with E-state index in [1.54, 1.807) is 24.3 Å². The third-order valence-corrected chi connectivity index (χ3v) is 7.05. The Bertz CT molecular complexity index is 1500. The summed E-state index contributed by atoms with van der Waals surface area (Å²) in [5, 5.41) is 0.611. The lowest BCUT2D eigenvalue weighted by Crippen LogP contribution is -2.32. The first-order valence-electron chi connectivity index (χ1n) is 10.6. The number of benzene rings is 2. The van der Waals surface area contributed by atoms with Crippen molar-refractivity contribution in [2.75, 3.05) is 6.61 Å². The molecule has 2 heterocycles. The van der Waals surface area contributed by atoms with E-state index in [-0.39, 0.29) is 17.9 Å². The minimum absolute atomic E-state index is 0.105. The van der Waals surface area contributed by atoms with Crippen LogP contribution in [0.5, 0.6) is 5.75 Å². The van der Waals surface area contributed by atoms with Crippen molar-refractivity contribution in [1.29, 1.82) is 0 Å². The van der Waals surface area contributed by atoms with Gasteiger partial charge >= 0.3 is 6.18 Å². The smallest absolute Gasteiger partial charge is 0.416 e. The number of halogens is 3. The van der Waals surface area contributed by atoms with Gasteiger partial charge in [-0.2, -0.15) is 17.5 Å². The molecule has 4 rings (SSSR count). The fourth-order valence-electron chi connectivity index (χ4n) is 3.58. The Kier molecular flexibility index (Phi) is 6.73. The molecule has 11 heteroatoms. The Hall–Kier alpha value is -3.57. The quantitative estimate of drug-likeness (QED) is 0.366. The first kappa shape index (κ1) is 24.6. The molecule has 0 bridgehead atoms. The van der Waals surface area contributed by atoms with Gasteiger partial charge in [-0.05, 0) is 61.5 Å². The van der Waals surface area contributed by atoms with Crippen LogP contribution in [0, 0.1) is 0 Å². The number of nitrogens with zero attached hydrogens (tertiary/aromatic N) is 1. The number of hydrogen-bond donors (Lipinski definition) is 1. The van der Waals surface area contributed by atoms with Crippen LogP contribution >= 0.6 is 0 Å². The molecule has 0 amide bonds. The van der Waals surface area contributed by atoms with E-state index in [0.717, 1.165) is 22.5 Å². The number of rotatable bonds is 8. The van der Waals surface area contributed by atoms with Crippen LogP contribution in [-0.2, 0) is 29.3 Å². The van der Waals surface area contributed by atoms with Crippen LogP contribution in [0.4, 0.5) is 13.2 Å². The Morgan fingerprint density at radius 2 is 1.83 bits per heavy atom. The second-order valence-electron chi connectivity index (χ2n) is 7.68. The summed E-state index contributed by atoms with van der Waals surface area (Å²) in [6.07, 6.45) is -3.37. The molecule has 0 unspecified atom stereocenters. The molecule has 0 saturated carbocycles. The predicted molar refractivity (Wildman–Crippen MR) is 122 cm³/mol. The number of sulfonamides is 1. The molecule has 1 N–H and O–H groups in total. The number of alkyl halides is 3. The second-order valence-corrected chi connectivity index (χ2v) is 9.62. The van der Waals surface area contributed by atoms with Gasteiger partial charge in [0.1, 0.15) is 11.5 Å². The molecule has 0 aliphatic heterocycles. The van der Waals surface area contributed by atoms with Crippen molar-refractivity contribution in [3.05, 3.63) is 94.2 Å². The highest BCUT2D eigenvalue weighted by Gasteiger charge is 2.33. The number of nitrogens with one attached hydrogen (secondary N) is 1. The van der Waals surface area contributed by atoms with Crippen LogP contribution in [0.1, 0.15) is 23.8 Å². The molecule has 0 aliphatic carbocycles. The van der Waals surface area contributed by atoms with E-state index in [1.807, 2.05) is 6.92 Å². The maximum absolute atomic E-state index is 13.4. The van der Waals surface area contributed by atoms with Gasteiger partial charge in [-0.1, -0.05) is 6.07 Å². The van der Waals surface area contributed by atoms with Crippen LogP contribution in [0.2, 0.25) is 0 Å². The summed E-state index contributed by atoms with van der Waals surface area (Å²) < 4.78 is 78.2. The molecule has 184 valence electrons. The molecule has 0 radical (unpaired) electrons. The summed E-state index contributed by atoms with van der Waals surface area (Å²) in [4.78, 5) is 14.9. The Morgan fingerprint density at radius 1 is 1.03 bits per heavy atom. The highest BCUT2D eigenvalue weighted by molar-refractivity contribution is 7.89. The third kappa shape index (κ3) is 5.41. The minimum atomic E-state index is -4.72. The van der Waals surface area contributed by atoms with Gasteiger partial charge in [0.25, 0.3) is 5.56 Å². The van der Waals surface area contributed by atoms with Gasteiger partial charge in [0.05, 0.1) is 29.9 Å². The van der Waals surface area contributed by atoms with Crippen molar-refractivity contribution in [2.45, 2.75) is 31.1 Å². The van der Waals surface area contributed by atoms with Crippen molar-refractivity contribution in [3.8, 4) is 5.75 Å². The number of fused-ring (bicyclic) bond motifs is 1. The van der Waals surface area contributed by atoms with Crippen molar-refractivity contribution in [1.82, 2.24) is 9.29 Å². The lowest BCUT2D eigenvalue weighted by molar-refractivity contribution is -0.137. The first-order chi connectivity index (χ1) is 16.6. The summed E-state index contributed by atoms with van der Waals surface area (Å²) in [5.74, 6) is 0.832. The SMILES string of the molecule is CCOc1ccc2[nH]c(=O)c(CN(Cc3ccco3)S(=O)(=O)c3cccc(C(F)(F)F)c3)cc2c1. The fourth-order valence-corrected chi connectivity index (χ4v) is 5.01. The van der Waals surface area contributed by atoms with Crippen molar-refractivity contribution < 1.29 is 30.7 Å². The Morgan fingerprint density at radius 3 is 2.51 bits per heavy atom. The highest BCUT2D eigenvalue weighted by atomic mass is 32.2. The van der Waals surface area contributed by atoms with E-state index < -0.39 is 38.8 Å². The average Bonchev–Trinajstić information content (AvgIpc) is 3.32. The normalized spacial score (nSPS) is 12.4. The van der Waals surface area contributed by atoms with Gasteiger partial charge in [0.2, 0.25) is 10.0 Å². The van der Waals surface area contributed by atoms with Gasteiger partial charge in [0.15, 0.2) is 0 Å². The number of aromatic amines is 1. The lowest BCUT2D eigenvalue weighted by atomic mass is 10.1. The Balaban J connectivity index is 1.77. The van der Waals surface area contributed by atoms with Crippen LogP contribution in [-0.4, -0.2) is 24.3 Å². The summed E-state index contributed by atoms with van der Waals surface area (Å²) >= 11 is 0. The molecule has 2 aromatic carbocycles. The van der Waals surface area contributed by atoms with Crippen LogP contribution in [0.3, 0.4) is 0 Å². The first-order valence-corrected chi connectivity index (χ1v) is 12.0. The molecule has 0 spiro atoms. The van der Waals surface area contributed by atoms with Gasteiger partial charge in [-0.15, -0.1) is 0 Å². The molecule has 35 heavy (non-hydrogen) atoms. The van der Waals surface area contributed by atoms with Crippen LogP contribution < -0.4 is 10.3 Å². The van der Waals surface area contributed by atoms with Gasteiger partial charge in [0, 0.05) is 23.0 Å². The largest absolute Gasteiger partial charge is 0.494 e. The van der Waals surface area contributed by atoms with E-state index in [9.17, 15) is 26.4 Å². The molecule has 0 fully saturated rings. The molecular weight excluding hydrogens is 485 g/mol. The van der Waals surface area contributed by atoms with Crippen LogP contribution in [0.15, 0.2) is 81.0 Å². The Labute approximate surface area is 198 Å². The average molecular weight is 507 g/mol. The zero-order valence-corrected chi connectivity index (χ0v) is 19.3. The summed E-state index contributed by atoms with van der Waals surface area (Å²) in [6, 6.07) is 13.2. The van der Waals surface area contributed by atoms with Crippen molar-refractivity contribution >= 4 is 20.9 Å². The monoisotopic (exact) mass is 506 g/mol. The van der Waals surface area contributed by atoms with E-state index in [0.29, 0.717) is 29.3 Å². The zero-order valence-electron chi connectivity index (χ0n) is 18.5. The summed E-state index contributed by atoms with van der Waals surface area (Å²) in [7, 11) is -4.45. The molecule has 0 saturated heterocycles. The second kappa shape index (κ2) is 9.59. The van der Waals surface area contributed by atoms with Crippen molar-refractivity contribution in [3.63, 3.8) is 0 Å². The van der Waals surface area contributed by atoms with E-state index in [1.165, 1.54) is 18.4 Å². The van der Waals surface area contributed by atoms with Gasteiger partial charge in [-0.25, -0.2) is 8.42 Å². The molecule has 0 aliphatic rings. The highest BCUT2D eigenvalue weighted by Crippen LogP contribution is 2.32. The van der Waals surface area contributed by atoms with Crippen LogP contribution in [0.25, 0.3) is 10.9 Å². The number of aromatic nitrogens is 1. The topological polar surface area (TPSA) is 92.6 Å². The standard InChI is InChI=1S/C24H21F3N2O5S/c1-2-33-19-8-9-22-16(12-19)11-17(23(30)28-22)14-29(15-20-6-4-10-34-20)35(31,32)21-7-3-5-18(13-21)24(25,26)27/h3-13H,2,14-15H2,1H3,(H,28,30). The maximum Gasteiger partial charge on any atom is 0.416 e. The molecular formula is C24H21F3N2O5S. The number of furan rings is 1.